The van der Waals surface area contributed by atoms with Crippen molar-refractivity contribution in [1.29, 1.82) is 5.26 Å². The number of hydrazone groups is 1. The number of hydrogen-bond acceptors (Lipinski definition) is 6. The van der Waals surface area contributed by atoms with Gasteiger partial charge in [0.2, 0.25) is 0 Å². The second-order valence-electron chi connectivity index (χ2n) is 6.20. The van der Waals surface area contributed by atoms with Crippen LogP contribution in [0.25, 0.3) is 0 Å². The number of anilines is 1. The molecule has 0 saturated carbocycles. The maximum Gasteiger partial charge on any atom is 0.281 e. The zero-order valence-electron chi connectivity index (χ0n) is 15.8. The van der Waals surface area contributed by atoms with Gasteiger partial charge >= 0.3 is 0 Å². The number of halogens is 2. The highest BCUT2D eigenvalue weighted by Crippen LogP contribution is 2.29. The van der Waals surface area contributed by atoms with E-state index in [1.54, 1.807) is 43.3 Å². The molecule has 1 heterocycles. The van der Waals surface area contributed by atoms with Crippen LogP contribution in [0.3, 0.4) is 0 Å². The molecule has 2 aromatic carbocycles. The lowest BCUT2D eigenvalue weighted by molar-refractivity contribution is 0.0958. The van der Waals surface area contributed by atoms with E-state index in [2.05, 4.69) is 10.5 Å². The summed E-state index contributed by atoms with van der Waals surface area (Å²) in [5, 5.41) is 14.5. The summed E-state index contributed by atoms with van der Waals surface area (Å²) in [5.41, 5.74) is 10.7. The zero-order chi connectivity index (χ0) is 21.7. The molecule has 3 rings (SSSR count). The second-order valence-corrected chi connectivity index (χ2v) is 8.10. The number of nitrogens with two attached hydrogens (primary N) is 1. The molecule has 3 N–H and O–H groups in total. The Labute approximate surface area is 187 Å². The van der Waals surface area contributed by atoms with E-state index in [1.165, 1.54) is 6.21 Å². The van der Waals surface area contributed by atoms with E-state index in [0.717, 1.165) is 22.5 Å². The fraction of sp³-hybridized carbons (Fsp3) is 0.0952. The fourth-order valence-corrected chi connectivity index (χ4v) is 3.93. The number of nitrogen functional groups attached to an aromatic ring is 1. The molecule has 0 bridgehead atoms. The first-order chi connectivity index (χ1) is 14.4. The van der Waals surface area contributed by atoms with Crippen molar-refractivity contribution in [1.82, 2.24) is 5.43 Å². The van der Waals surface area contributed by atoms with E-state index in [1.807, 2.05) is 12.1 Å². The second kappa shape index (κ2) is 9.63. The molecule has 6 nitrogen and oxygen atoms in total. The van der Waals surface area contributed by atoms with Crippen LogP contribution in [0, 0.1) is 18.3 Å². The van der Waals surface area contributed by atoms with Gasteiger partial charge in [0.15, 0.2) is 0 Å². The Morgan fingerprint density at radius 1 is 1.30 bits per heavy atom. The Morgan fingerprint density at radius 2 is 2.03 bits per heavy atom. The van der Waals surface area contributed by atoms with Gasteiger partial charge in [-0.15, -0.1) is 11.3 Å². The maximum atomic E-state index is 12.2. The first-order valence-corrected chi connectivity index (χ1v) is 10.3. The van der Waals surface area contributed by atoms with Crippen LogP contribution >= 0.6 is 34.5 Å². The molecule has 30 heavy (non-hydrogen) atoms. The van der Waals surface area contributed by atoms with Gasteiger partial charge in [-0.1, -0.05) is 29.3 Å². The van der Waals surface area contributed by atoms with Gasteiger partial charge in [-0.3, -0.25) is 4.79 Å². The summed E-state index contributed by atoms with van der Waals surface area (Å²) in [7, 11) is 0. The van der Waals surface area contributed by atoms with Crippen molar-refractivity contribution in [2.75, 3.05) is 5.73 Å². The quantitative estimate of drug-likeness (QED) is 0.393. The monoisotopic (exact) mass is 458 g/mol. The highest BCUT2D eigenvalue weighted by atomic mass is 35.5. The lowest BCUT2D eigenvalue weighted by Crippen LogP contribution is -2.17. The number of thiophene rings is 1. The Morgan fingerprint density at radius 3 is 2.67 bits per heavy atom. The van der Waals surface area contributed by atoms with Gasteiger partial charge in [-0.2, -0.15) is 10.4 Å². The van der Waals surface area contributed by atoms with E-state index in [9.17, 15) is 4.79 Å². The molecule has 3 aromatic rings. The van der Waals surface area contributed by atoms with Gasteiger partial charge in [0, 0.05) is 15.6 Å². The Balaban J connectivity index is 1.57. The van der Waals surface area contributed by atoms with Gasteiger partial charge in [0.25, 0.3) is 5.91 Å². The van der Waals surface area contributed by atoms with Gasteiger partial charge in [-0.05, 0) is 54.4 Å². The first-order valence-electron chi connectivity index (χ1n) is 8.68. The summed E-state index contributed by atoms with van der Waals surface area (Å²) >= 11 is 13.1. The van der Waals surface area contributed by atoms with Crippen LogP contribution in [0.1, 0.15) is 31.9 Å². The third kappa shape index (κ3) is 5.10. The smallest absolute Gasteiger partial charge is 0.281 e. The van der Waals surface area contributed by atoms with Gasteiger partial charge in [0.05, 0.1) is 11.8 Å². The Kier molecular flexibility index (Phi) is 6.95. The molecule has 0 atom stereocenters. The number of carbonyl (C=O) groups excluding carboxylic acids is 1. The standard InChI is InChI=1S/C21H16Cl2N4O2S/c1-12-17(9-24)20(25)30-19(12)21(28)27-26-10-13-2-6-16(7-3-13)29-11-14-4-5-15(22)8-18(14)23/h2-8,10H,11,25H2,1H3,(H,27,28). The van der Waals surface area contributed by atoms with Gasteiger partial charge in [0.1, 0.15) is 28.3 Å². The molecular formula is C21H16Cl2N4O2S. The number of amides is 1. The summed E-state index contributed by atoms with van der Waals surface area (Å²) in [6, 6.07) is 14.4. The first kappa shape index (κ1) is 21.7. The maximum absolute atomic E-state index is 12.2. The van der Waals surface area contributed by atoms with E-state index in [4.69, 9.17) is 38.9 Å². The largest absolute Gasteiger partial charge is 0.489 e. The van der Waals surface area contributed by atoms with Crippen LogP contribution in [-0.2, 0) is 6.61 Å². The highest BCUT2D eigenvalue weighted by molar-refractivity contribution is 7.18. The molecule has 0 saturated heterocycles. The molecule has 152 valence electrons. The van der Waals surface area contributed by atoms with Crippen molar-refractivity contribution >= 4 is 51.7 Å². The third-order valence-corrected chi connectivity index (χ3v) is 5.87. The van der Waals surface area contributed by atoms with Gasteiger partial charge in [-0.25, -0.2) is 5.43 Å². The minimum absolute atomic E-state index is 0.313. The summed E-state index contributed by atoms with van der Waals surface area (Å²) < 4.78 is 5.73. The van der Waals surface area contributed by atoms with Crippen molar-refractivity contribution in [3.05, 3.63) is 79.6 Å². The minimum Gasteiger partial charge on any atom is -0.489 e. The van der Waals surface area contributed by atoms with Crippen molar-refractivity contribution in [3.63, 3.8) is 0 Å². The summed E-state index contributed by atoms with van der Waals surface area (Å²) in [5.74, 6) is 0.248. The average molecular weight is 459 g/mol. The number of ether oxygens (including phenoxy) is 1. The Hall–Kier alpha value is -3.05. The van der Waals surface area contributed by atoms with Crippen molar-refractivity contribution < 1.29 is 9.53 Å². The third-order valence-electron chi connectivity index (χ3n) is 4.16. The number of benzene rings is 2. The number of hydrogen-bond donors (Lipinski definition) is 2. The summed E-state index contributed by atoms with van der Waals surface area (Å²) in [6.07, 6.45) is 1.51. The molecule has 1 amide bonds. The van der Waals surface area contributed by atoms with Crippen LogP contribution < -0.4 is 15.9 Å². The number of nitrogens with one attached hydrogen (secondary N) is 1. The van der Waals surface area contributed by atoms with Crippen LogP contribution in [0.4, 0.5) is 5.00 Å². The molecule has 1 aromatic heterocycles. The molecule has 0 radical (unpaired) electrons. The SMILES string of the molecule is Cc1c(C(=O)NN=Cc2ccc(OCc3ccc(Cl)cc3Cl)cc2)sc(N)c1C#N. The van der Waals surface area contributed by atoms with Crippen molar-refractivity contribution in [2.45, 2.75) is 13.5 Å². The lowest BCUT2D eigenvalue weighted by atomic mass is 10.2. The van der Waals surface area contributed by atoms with E-state index in [0.29, 0.717) is 43.4 Å². The lowest BCUT2D eigenvalue weighted by Gasteiger charge is -2.08. The predicted molar refractivity (Wildman–Crippen MR) is 120 cm³/mol. The Bertz CT molecular complexity index is 1150. The van der Waals surface area contributed by atoms with E-state index in [-0.39, 0.29) is 0 Å². The molecule has 0 aliphatic carbocycles. The highest BCUT2D eigenvalue weighted by Gasteiger charge is 2.18. The van der Waals surface area contributed by atoms with Crippen LogP contribution in [0.15, 0.2) is 47.6 Å². The average Bonchev–Trinajstić information content (AvgIpc) is 3.01. The fourth-order valence-electron chi connectivity index (χ4n) is 2.56. The van der Waals surface area contributed by atoms with Crippen molar-refractivity contribution in [2.24, 2.45) is 5.10 Å². The summed E-state index contributed by atoms with van der Waals surface area (Å²) in [6.45, 7) is 1.99. The minimum atomic E-state index is -0.415. The molecule has 9 heteroatoms. The van der Waals surface area contributed by atoms with Crippen LogP contribution in [0.2, 0.25) is 10.0 Å². The van der Waals surface area contributed by atoms with Gasteiger partial charge < -0.3 is 10.5 Å². The van der Waals surface area contributed by atoms with Crippen LogP contribution in [-0.4, -0.2) is 12.1 Å². The molecular weight excluding hydrogens is 443 g/mol. The molecule has 0 aliphatic heterocycles. The molecule has 0 unspecified atom stereocenters. The molecule has 0 spiro atoms. The van der Waals surface area contributed by atoms with Crippen molar-refractivity contribution in [3.8, 4) is 11.8 Å². The van der Waals surface area contributed by atoms with E-state index >= 15 is 0 Å². The molecule has 0 fully saturated rings. The number of nitrogens with zero attached hydrogens (tertiary/aromatic N) is 2. The zero-order valence-corrected chi connectivity index (χ0v) is 18.1. The molecule has 0 aliphatic rings. The predicted octanol–water partition coefficient (Wildman–Crippen LogP) is 5.16. The number of rotatable bonds is 6. The van der Waals surface area contributed by atoms with E-state index < -0.39 is 5.91 Å². The normalized spacial score (nSPS) is 10.7. The number of carbonyl (C=O) groups is 1. The van der Waals surface area contributed by atoms with Crippen LogP contribution in [0.5, 0.6) is 5.75 Å². The summed E-state index contributed by atoms with van der Waals surface area (Å²) in [4.78, 5) is 12.6. The topological polar surface area (TPSA) is 100 Å². The number of nitriles is 1.